The largest absolute Gasteiger partial charge is 0.490 e. The summed E-state index contributed by atoms with van der Waals surface area (Å²) in [5.74, 6) is -3.02. The average molecular weight is 451 g/mol. The van der Waals surface area contributed by atoms with Crippen LogP contribution in [0.2, 0.25) is 0 Å². The van der Waals surface area contributed by atoms with E-state index in [9.17, 15) is 31.1 Å². The van der Waals surface area contributed by atoms with E-state index in [4.69, 9.17) is 15.2 Å². The molecule has 1 unspecified atom stereocenters. The van der Waals surface area contributed by atoms with Gasteiger partial charge in [-0.25, -0.2) is 4.79 Å². The van der Waals surface area contributed by atoms with Crippen LogP contribution in [0.4, 0.5) is 26.3 Å². The number of hydrogen-bond donors (Lipinski definition) is 3. The third-order valence-corrected chi connectivity index (χ3v) is 5.35. The summed E-state index contributed by atoms with van der Waals surface area (Å²) in [7, 11) is 0. The van der Waals surface area contributed by atoms with Gasteiger partial charge < -0.3 is 15.7 Å². The standard InChI is InChI=1S/C17H18F3N3O.C2HF3O2/c18-17(19,20)13-7-11(9-21)1-2-12(13)10-23-15(24)14-8-16(14)3-5-22-6-4-16;3-2(4,5)1(6)7/h1-2,7,14,22H,3-6,8,10H2,(H,23,24);(H,6,7). The Morgan fingerprint density at radius 3 is 2.26 bits per heavy atom. The average Bonchev–Trinajstić information content (AvgIpc) is 3.38. The lowest BCUT2D eigenvalue weighted by Gasteiger charge is -2.23. The molecule has 1 saturated heterocycles. The summed E-state index contributed by atoms with van der Waals surface area (Å²) in [5, 5.41) is 21.8. The lowest BCUT2D eigenvalue weighted by atomic mass is 9.91. The highest BCUT2D eigenvalue weighted by Crippen LogP contribution is 2.58. The zero-order valence-electron chi connectivity index (χ0n) is 16.0. The van der Waals surface area contributed by atoms with Crippen LogP contribution in [0.25, 0.3) is 0 Å². The van der Waals surface area contributed by atoms with Crippen molar-refractivity contribution in [2.24, 2.45) is 11.3 Å². The maximum atomic E-state index is 13.1. The van der Waals surface area contributed by atoms with Gasteiger partial charge in [0, 0.05) is 12.5 Å². The van der Waals surface area contributed by atoms with Crippen LogP contribution in [0.3, 0.4) is 0 Å². The lowest BCUT2D eigenvalue weighted by molar-refractivity contribution is -0.192. The highest BCUT2D eigenvalue weighted by atomic mass is 19.4. The number of halogens is 6. The summed E-state index contributed by atoms with van der Waals surface area (Å²) in [6, 6.07) is 5.13. The molecular weight excluding hydrogens is 432 g/mol. The van der Waals surface area contributed by atoms with Crippen LogP contribution in [-0.4, -0.2) is 36.2 Å². The Hall–Kier alpha value is -2.81. The molecule has 31 heavy (non-hydrogen) atoms. The van der Waals surface area contributed by atoms with E-state index in [1.54, 1.807) is 6.07 Å². The van der Waals surface area contributed by atoms with Crippen molar-refractivity contribution in [3.8, 4) is 6.07 Å². The number of carboxylic acids is 1. The minimum atomic E-state index is -5.08. The van der Waals surface area contributed by atoms with Crippen molar-refractivity contribution >= 4 is 11.9 Å². The molecule has 3 rings (SSSR count). The van der Waals surface area contributed by atoms with Gasteiger partial charge in [-0.3, -0.25) is 4.79 Å². The van der Waals surface area contributed by atoms with Gasteiger partial charge in [0.15, 0.2) is 0 Å². The molecule has 1 aromatic carbocycles. The number of nitriles is 1. The number of rotatable bonds is 3. The Bertz CT molecular complexity index is 870. The minimum Gasteiger partial charge on any atom is -0.475 e. The molecule has 2 aliphatic rings. The molecule has 1 heterocycles. The summed E-state index contributed by atoms with van der Waals surface area (Å²) < 4.78 is 71.1. The van der Waals surface area contributed by atoms with Gasteiger partial charge in [0.1, 0.15) is 0 Å². The number of nitrogens with one attached hydrogen (secondary N) is 2. The monoisotopic (exact) mass is 451 g/mol. The van der Waals surface area contributed by atoms with Crippen molar-refractivity contribution in [2.75, 3.05) is 13.1 Å². The zero-order chi connectivity index (χ0) is 23.4. The van der Waals surface area contributed by atoms with E-state index >= 15 is 0 Å². The predicted octanol–water partition coefficient (Wildman–Crippen LogP) is 3.22. The number of aliphatic carboxylic acids is 1. The number of carbonyl (C=O) groups excluding carboxylic acids is 1. The number of amides is 1. The van der Waals surface area contributed by atoms with Crippen molar-refractivity contribution in [3.63, 3.8) is 0 Å². The van der Waals surface area contributed by atoms with Crippen molar-refractivity contribution in [1.82, 2.24) is 10.6 Å². The molecule has 0 radical (unpaired) electrons. The summed E-state index contributed by atoms with van der Waals surface area (Å²) in [4.78, 5) is 21.2. The van der Waals surface area contributed by atoms with E-state index in [0.717, 1.165) is 38.4 Å². The first-order valence-electron chi connectivity index (χ1n) is 9.19. The lowest BCUT2D eigenvalue weighted by Crippen LogP contribution is -2.33. The molecule has 0 aromatic heterocycles. The molecule has 1 amide bonds. The normalized spacial score (nSPS) is 19.6. The van der Waals surface area contributed by atoms with Crippen LogP contribution in [0.1, 0.15) is 36.0 Å². The quantitative estimate of drug-likeness (QED) is 0.613. The van der Waals surface area contributed by atoms with Crippen LogP contribution in [0.15, 0.2) is 18.2 Å². The fourth-order valence-electron chi connectivity index (χ4n) is 3.57. The number of benzene rings is 1. The zero-order valence-corrected chi connectivity index (χ0v) is 16.0. The van der Waals surface area contributed by atoms with Crippen LogP contribution in [0, 0.1) is 22.7 Å². The third kappa shape index (κ3) is 6.33. The first-order valence-corrected chi connectivity index (χ1v) is 9.19. The second-order valence-electron chi connectivity index (χ2n) is 7.37. The molecule has 3 N–H and O–H groups in total. The van der Waals surface area contributed by atoms with Crippen LogP contribution >= 0.6 is 0 Å². The predicted molar refractivity (Wildman–Crippen MR) is 94.3 cm³/mol. The molecule has 1 aliphatic heterocycles. The molecule has 170 valence electrons. The molecule has 0 bridgehead atoms. The molecule has 1 spiro atoms. The van der Waals surface area contributed by atoms with E-state index in [1.165, 1.54) is 12.1 Å². The second-order valence-corrected chi connectivity index (χ2v) is 7.37. The fourth-order valence-corrected chi connectivity index (χ4v) is 3.57. The highest BCUT2D eigenvalue weighted by molar-refractivity contribution is 5.82. The second kappa shape index (κ2) is 9.13. The van der Waals surface area contributed by atoms with E-state index in [0.29, 0.717) is 0 Å². The van der Waals surface area contributed by atoms with Crippen LogP contribution in [-0.2, 0) is 22.3 Å². The Balaban J connectivity index is 0.000000423. The highest BCUT2D eigenvalue weighted by Gasteiger charge is 2.57. The Labute approximate surface area is 173 Å². The van der Waals surface area contributed by atoms with Gasteiger partial charge in [-0.1, -0.05) is 6.07 Å². The van der Waals surface area contributed by atoms with Crippen LogP contribution < -0.4 is 10.6 Å². The van der Waals surface area contributed by atoms with E-state index in [-0.39, 0.29) is 34.9 Å². The summed E-state index contributed by atoms with van der Waals surface area (Å²) in [5.41, 5.74) is -0.885. The third-order valence-electron chi connectivity index (χ3n) is 5.35. The summed E-state index contributed by atoms with van der Waals surface area (Å²) >= 11 is 0. The number of carboxylic acid groups (broad SMARTS) is 1. The molecule has 1 aromatic rings. The Morgan fingerprint density at radius 1 is 1.19 bits per heavy atom. The molecule has 2 fully saturated rings. The Morgan fingerprint density at radius 2 is 1.77 bits per heavy atom. The maximum absolute atomic E-state index is 13.1. The van der Waals surface area contributed by atoms with Crippen molar-refractivity contribution in [3.05, 3.63) is 34.9 Å². The number of nitrogens with zero attached hydrogens (tertiary/aromatic N) is 1. The summed E-state index contributed by atoms with van der Waals surface area (Å²) in [6.07, 6.45) is -6.94. The first-order chi connectivity index (χ1) is 14.3. The van der Waals surface area contributed by atoms with Gasteiger partial charge in [-0.2, -0.15) is 31.6 Å². The topological polar surface area (TPSA) is 102 Å². The van der Waals surface area contributed by atoms with E-state index in [2.05, 4.69) is 10.6 Å². The van der Waals surface area contributed by atoms with Crippen molar-refractivity contribution < 1.29 is 41.0 Å². The SMILES string of the molecule is N#Cc1ccc(CNC(=O)C2CC23CCNCC3)c(C(F)(F)F)c1.O=C(O)C(F)(F)F. The van der Waals surface area contributed by atoms with E-state index in [1.807, 2.05) is 0 Å². The first kappa shape index (κ1) is 24.5. The number of carbonyl (C=O) groups is 2. The molecular formula is C19H19F6N3O3. The number of hydrogen-bond acceptors (Lipinski definition) is 4. The molecule has 1 saturated carbocycles. The smallest absolute Gasteiger partial charge is 0.475 e. The fraction of sp³-hybridized carbons (Fsp3) is 0.526. The number of alkyl halides is 6. The van der Waals surface area contributed by atoms with Gasteiger partial charge >= 0.3 is 18.3 Å². The molecule has 12 heteroatoms. The number of piperidine rings is 1. The van der Waals surface area contributed by atoms with Crippen LogP contribution in [0.5, 0.6) is 0 Å². The Kier molecular flexibility index (Phi) is 7.21. The van der Waals surface area contributed by atoms with Crippen molar-refractivity contribution in [2.45, 2.75) is 38.2 Å². The minimum absolute atomic E-state index is 0.0186. The maximum Gasteiger partial charge on any atom is 0.490 e. The van der Waals surface area contributed by atoms with Gasteiger partial charge in [0.25, 0.3) is 0 Å². The van der Waals surface area contributed by atoms with Gasteiger partial charge in [-0.15, -0.1) is 0 Å². The van der Waals surface area contributed by atoms with Gasteiger partial charge in [0.2, 0.25) is 5.91 Å². The van der Waals surface area contributed by atoms with Gasteiger partial charge in [0.05, 0.1) is 17.2 Å². The molecule has 6 nitrogen and oxygen atoms in total. The van der Waals surface area contributed by atoms with E-state index < -0.39 is 23.9 Å². The molecule has 1 aliphatic carbocycles. The summed E-state index contributed by atoms with van der Waals surface area (Å²) in [6.45, 7) is 1.60. The molecule has 1 atom stereocenters. The van der Waals surface area contributed by atoms with Gasteiger partial charge in [-0.05, 0) is 55.5 Å². The van der Waals surface area contributed by atoms with Crippen molar-refractivity contribution in [1.29, 1.82) is 5.26 Å².